The van der Waals surface area contributed by atoms with E-state index in [1.807, 2.05) is 17.5 Å². The van der Waals surface area contributed by atoms with Gasteiger partial charge < -0.3 is 10.1 Å². The van der Waals surface area contributed by atoms with Crippen LogP contribution >= 0.6 is 11.3 Å². The molecule has 5 amide bonds. The van der Waals surface area contributed by atoms with E-state index in [1.165, 1.54) is 28.4 Å². The number of nitrogens with one attached hydrogen (secondary N) is 2. The molecule has 0 bridgehead atoms. The van der Waals surface area contributed by atoms with E-state index in [0.717, 1.165) is 4.88 Å². The van der Waals surface area contributed by atoms with E-state index in [9.17, 15) is 24.0 Å². The van der Waals surface area contributed by atoms with Gasteiger partial charge in [-0.2, -0.15) is 0 Å². The topological polar surface area (TPSA) is 122 Å². The van der Waals surface area contributed by atoms with E-state index in [2.05, 4.69) is 10.6 Å². The van der Waals surface area contributed by atoms with Gasteiger partial charge in [0.2, 0.25) is 11.8 Å². The lowest BCUT2D eigenvalue weighted by atomic mass is 10.1. The summed E-state index contributed by atoms with van der Waals surface area (Å²) in [5.41, 5.74) is 0.892. The average molecular weight is 429 g/mol. The molecule has 1 aromatic heterocycles. The first-order chi connectivity index (χ1) is 14.4. The largest absolute Gasteiger partial charge is 0.452 e. The quantitative estimate of drug-likeness (QED) is 0.509. The minimum atomic E-state index is -0.755. The van der Waals surface area contributed by atoms with Crippen molar-refractivity contribution in [2.45, 2.75) is 25.9 Å². The molecule has 2 N–H and O–H groups in total. The van der Waals surface area contributed by atoms with Crippen LogP contribution in [0.15, 0.2) is 41.8 Å². The van der Waals surface area contributed by atoms with Crippen molar-refractivity contribution in [2.75, 3.05) is 6.61 Å². The molecule has 1 aromatic carbocycles. The third kappa shape index (κ3) is 5.74. The van der Waals surface area contributed by atoms with Gasteiger partial charge in [-0.1, -0.05) is 18.2 Å². The average Bonchev–Trinajstić information content (AvgIpc) is 3.36. The summed E-state index contributed by atoms with van der Waals surface area (Å²) in [6.07, 6.45) is 0.439. The number of amides is 5. The third-order valence-electron chi connectivity index (χ3n) is 4.28. The number of urea groups is 1. The fraction of sp³-hybridized carbons (Fsp3) is 0.250. The second-order valence-electron chi connectivity index (χ2n) is 6.46. The molecule has 0 spiro atoms. The van der Waals surface area contributed by atoms with Crippen LogP contribution in [0.5, 0.6) is 0 Å². The first kappa shape index (κ1) is 21.2. The van der Waals surface area contributed by atoms with Gasteiger partial charge in [-0.25, -0.2) is 9.59 Å². The van der Waals surface area contributed by atoms with Gasteiger partial charge >= 0.3 is 12.0 Å². The maximum absolute atomic E-state index is 12.1. The fourth-order valence-corrected chi connectivity index (χ4v) is 3.37. The van der Waals surface area contributed by atoms with Gasteiger partial charge in [0.15, 0.2) is 6.61 Å². The molecule has 2 heterocycles. The Kier molecular flexibility index (Phi) is 6.91. The van der Waals surface area contributed by atoms with E-state index in [-0.39, 0.29) is 43.3 Å². The number of carbonyl (C=O) groups is 5. The Labute approximate surface area is 176 Å². The Morgan fingerprint density at radius 2 is 1.73 bits per heavy atom. The normalized spacial score (nSPS) is 13.3. The van der Waals surface area contributed by atoms with Crippen molar-refractivity contribution in [1.82, 2.24) is 15.5 Å². The minimum Gasteiger partial charge on any atom is -0.452 e. The number of imide groups is 2. The maximum Gasteiger partial charge on any atom is 0.338 e. The number of benzene rings is 1. The molecule has 0 atom stereocenters. The van der Waals surface area contributed by atoms with Gasteiger partial charge in [0.25, 0.3) is 5.91 Å². The number of likely N-dealkylation sites (tertiary alicyclic amines) is 1. The van der Waals surface area contributed by atoms with Crippen LogP contribution in [0.3, 0.4) is 0 Å². The number of carbonyl (C=O) groups excluding carboxylic acids is 5. The highest BCUT2D eigenvalue weighted by molar-refractivity contribution is 7.09. The van der Waals surface area contributed by atoms with Crippen molar-refractivity contribution in [2.24, 2.45) is 0 Å². The molecule has 10 heteroatoms. The van der Waals surface area contributed by atoms with E-state index in [0.29, 0.717) is 5.56 Å². The summed E-state index contributed by atoms with van der Waals surface area (Å²) in [7, 11) is 0. The monoisotopic (exact) mass is 429 g/mol. The lowest BCUT2D eigenvalue weighted by Gasteiger charge is -2.13. The molecule has 0 aliphatic carbocycles. The predicted octanol–water partition coefficient (Wildman–Crippen LogP) is 1.58. The number of esters is 1. The zero-order valence-electron chi connectivity index (χ0n) is 15.9. The molecule has 0 radical (unpaired) electrons. The van der Waals surface area contributed by atoms with Crippen molar-refractivity contribution in [3.05, 3.63) is 57.8 Å². The highest BCUT2D eigenvalue weighted by Gasteiger charge is 2.28. The van der Waals surface area contributed by atoms with E-state index in [4.69, 9.17) is 4.74 Å². The molecule has 1 aliphatic rings. The third-order valence-corrected chi connectivity index (χ3v) is 5.15. The van der Waals surface area contributed by atoms with Crippen molar-refractivity contribution in [3.8, 4) is 0 Å². The van der Waals surface area contributed by atoms with Crippen molar-refractivity contribution >= 4 is 41.1 Å². The Hall–Kier alpha value is -3.53. The van der Waals surface area contributed by atoms with Gasteiger partial charge in [0, 0.05) is 17.7 Å². The SMILES string of the molecule is O=C(COC(=O)c1ccc(CN2C(=O)CCC2=O)cc1)NC(=O)NCc1cccs1. The van der Waals surface area contributed by atoms with Gasteiger partial charge in [-0.3, -0.25) is 24.6 Å². The van der Waals surface area contributed by atoms with Crippen molar-refractivity contribution in [1.29, 1.82) is 0 Å². The zero-order chi connectivity index (χ0) is 21.5. The second kappa shape index (κ2) is 9.79. The highest BCUT2D eigenvalue weighted by atomic mass is 32.1. The van der Waals surface area contributed by atoms with E-state index in [1.54, 1.807) is 12.1 Å². The molecular formula is C20H19N3O6S. The number of rotatable bonds is 7. The second-order valence-corrected chi connectivity index (χ2v) is 7.49. The molecule has 2 aromatic rings. The van der Waals surface area contributed by atoms with Gasteiger partial charge in [0.05, 0.1) is 18.7 Å². The standard InChI is InChI=1S/C20H19N3O6S/c24-16(22-20(28)21-10-15-2-1-9-30-15)12-29-19(27)14-5-3-13(4-6-14)11-23-17(25)7-8-18(23)26/h1-6,9H,7-8,10-12H2,(H2,21,22,24,28). The summed E-state index contributed by atoms with van der Waals surface area (Å²) in [5, 5.41) is 6.47. The number of nitrogens with zero attached hydrogens (tertiary/aromatic N) is 1. The summed E-state index contributed by atoms with van der Waals surface area (Å²) < 4.78 is 4.90. The molecular weight excluding hydrogens is 410 g/mol. The van der Waals surface area contributed by atoms with E-state index < -0.39 is 24.5 Å². The lowest BCUT2D eigenvalue weighted by Crippen LogP contribution is -2.41. The molecule has 0 saturated carbocycles. The maximum atomic E-state index is 12.1. The fourth-order valence-electron chi connectivity index (χ4n) is 2.73. The van der Waals surface area contributed by atoms with Crippen LogP contribution in [-0.4, -0.2) is 41.2 Å². The summed E-state index contributed by atoms with van der Waals surface area (Å²) in [6.45, 7) is -0.169. The first-order valence-electron chi connectivity index (χ1n) is 9.11. The van der Waals surface area contributed by atoms with Gasteiger partial charge in [0.1, 0.15) is 0 Å². The number of hydrogen-bond acceptors (Lipinski definition) is 7. The summed E-state index contributed by atoms with van der Waals surface area (Å²) in [4.78, 5) is 60.9. The molecule has 3 rings (SSSR count). The Morgan fingerprint density at radius 1 is 1.03 bits per heavy atom. The van der Waals surface area contributed by atoms with Crippen molar-refractivity contribution in [3.63, 3.8) is 0 Å². The molecule has 1 saturated heterocycles. The molecule has 156 valence electrons. The predicted molar refractivity (Wildman–Crippen MR) is 106 cm³/mol. The Bertz CT molecular complexity index is 939. The zero-order valence-corrected chi connectivity index (χ0v) is 16.7. The van der Waals surface area contributed by atoms with Gasteiger partial charge in [-0.15, -0.1) is 11.3 Å². The molecule has 30 heavy (non-hydrogen) atoms. The van der Waals surface area contributed by atoms with Crippen LogP contribution in [0.25, 0.3) is 0 Å². The number of ether oxygens (including phenoxy) is 1. The van der Waals surface area contributed by atoms with Gasteiger partial charge in [-0.05, 0) is 29.1 Å². The van der Waals surface area contributed by atoms with Crippen molar-refractivity contribution < 1.29 is 28.7 Å². The molecule has 9 nitrogen and oxygen atoms in total. The minimum absolute atomic E-state index is 0.149. The van der Waals surface area contributed by atoms with Crippen LogP contribution in [-0.2, 0) is 32.2 Å². The molecule has 0 unspecified atom stereocenters. The van der Waals surface area contributed by atoms with Crippen LogP contribution in [0.2, 0.25) is 0 Å². The van der Waals surface area contributed by atoms with Crippen LogP contribution in [0.4, 0.5) is 4.79 Å². The Morgan fingerprint density at radius 3 is 2.37 bits per heavy atom. The number of thiophene rings is 1. The smallest absolute Gasteiger partial charge is 0.338 e. The van der Waals surface area contributed by atoms with E-state index >= 15 is 0 Å². The van der Waals surface area contributed by atoms with Crippen LogP contribution in [0.1, 0.15) is 33.6 Å². The Balaban J connectivity index is 1.41. The summed E-state index contributed by atoms with van der Waals surface area (Å²) in [5.74, 6) is -1.92. The molecule has 1 fully saturated rings. The lowest BCUT2D eigenvalue weighted by molar-refractivity contribution is -0.139. The summed E-state index contributed by atoms with van der Waals surface area (Å²) in [6, 6.07) is 9.19. The summed E-state index contributed by atoms with van der Waals surface area (Å²) >= 11 is 1.47. The highest BCUT2D eigenvalue weighted by Crippen LogP contribution is 2.16. The van der Waals surface area contributed by atoms with Crippen LogP contribution in [0, 0.1) is 0 Å². The number of hydrogen-bond donors (Lipinski definition) is 2. The van der Waals surface area contributed by atoms with Crippen LogP contribution < -0.4 is 10.6 Å². The molecule has 1 aliphatic heterocycles. The first-order valence-corrected chi connectivity index (χ1v) is 9.99.